The van der Waals surface area contributed by atoms with Crippen molar-refractivity contribution in [1.82, 2.24) is 5.32 Å². The molecule has 0 fully saturated rings. The molecule has 0 spiro atoms. The molecule has 0 bridgehead atoms. The fourth-order valence-electron chi connectivity index (χ4n) is 2.57. The number of nitrogens with zero attached hydrogens (tertiary/aromatic N) is 1. The molecule has 0 aromatic heterocycles. The third-order valence-electron chi connectivity index (χ3n) is 3.33. The van der Waals surface area contributed by atoms with Crippen molar-refractivity contribution in [3.8, 4) is 6.07 Å². The van der Waals surface area contributed by atoms with E-state index in [4.69, 9.17) is 0 Å². The molecule has 20 heavy (non-hydrogen) atoms. The van der Waals surface area contributed by atoms with Gasteiger partial charge in [0.2, 0.25) is 0 Å². The highest BCUT2D eigenvalue weighted by Gasteiger charge is 2.25. The lowest BCUT2D eigenvalue weighted by atomic mass is 9.98. The number of hydrogen-bond acceptors (Lipinski definition) is 3. The monoisotopic (exact) mass is 290 g/mol. The van der Waals surface area contributed by atoms with Crippen molar-refractivity contribution < 1.29 is 0 Å². The van der Waals surface area contributed by atoms with Crippen LogP contribution >= 0.6 is 11.8 Å². The first-order valence-corrected chi connectivity index (χ1v) is 8.28. The highest BCUT2D eigenvalue weighted by molar-refractivity contribution is 7.99. The third kappa shape index (κ3) is 5.56. The van der Waals surface area contributed by atoms with Crippen molar-refractivity contribution in [2.24, 2.45) is 0 Å². The average Bonchev–Trinajstić information content (AvgIpc) is 2.35. The fraction of sp³-hybridized carbons (Fsp3) is 0.588. The van der Waals surface area contributed by atoms with Gasteiger partial charge in [0.05, 0.1) is 6.07 Å². The van der Waals surface area contributed by atoms with Gasteiger partial charge in [-0.3, -0.25) is 5.32 Å². The van der Waals surface area contributed by atoms with E-state index in [1.807, 2.05) is 25.6 Å². The second-order valence-corrected chi connectivity index (χ2v) is 7.22. The number of nitrogens with one attached hydrogen (secondary N) is 1. The van der Waals surface area contributed by atoms with E-state index in [0.29, 0.717) is 5.25 Å². The van der Waals surface area contributed by atoms with Crippen molar-refractivity contribution in [3.63, 3.8) is 0 Å². The zero-order valence-corrected chi connectivity index (χ0v) is 14.1. The molecule has 0 amide bonds. The second kappa shape index (κ2) is 7.71. The normalized spacial score (nSPS) is 15.4. The molecule has 110 valence electrons. The quantitative estimate of drug-likeness (QED) is 0.817. The fourth-order valence-corrected chi connectivity index (χ4v) is 3.67. The summed E-state index contributed by atoms with van der Waals surface area (Å²) in [5, 5.41) is 13.0. The van der Waals surface area contributed by atoms with Crippen LogP contribution in [0.3, 0.4) is 0 Å². The second-order valence-electron chi connectivity index (χ2n) is 5.80. The molecule has 0 radical (unpaired) electrons. The summed E-state index contributed by atoms with van der Waals surface area (Å²) in [5.74, 6) is 1.01. The van der Waals surface area contributed by atoms with Gasteiger partial charge in [-0.1, -0.05) is 43.2 Å². The summed E-state index contributed by atoms with van der Waals surface area (Å²) in [6.07, 6.45) is 0.868. The minimum atomic E-state index is -0.413. The lowest BCUT2D eigenvalue weighted by molar-refractivity contribution is 0.429. The average molecular weight is 290 g/mol. The van der Waals surface area contributed by atoms with Crippen LogP contribution in [0.5, 0.6) is 0 Å². The first kappa shape index (κ1) is 17.1. The zero-order valence-electron chi connectivity index (χ0n) is 13.3. The Hall–Kier alpha value is -0.980. The molecule has 1 N–H and O–H groups in total. The Kier molecular flexibility index (Phi) is 6.58. The number of hydrogen-bond donors (Lipinski definition) is 1. The maximum Gasteiger partial charge on any atom is 0.104 e. The van der Waals surface area contributed by atoms with E-state index >= 15 is 0 Å². The summed E-state index contributed by atoms with van der Waals surface area (Å²) in [4.78, 5) is 0. The number of rotatable bonds is 7. The molecule has 0 aliphatic rings. The van der Waals surface area contributed by atoms with Crippen LogP contribution in [0.4, 0.5) is 0 Å². The summed E-state index contributed by atoms with van der Waals surface area (Å²) in [7, 11) is 0. The van der Waals surface area contributed by atoms with Crippen molar-refractivity contribution in [2.45, 2.75) is 57.6 Å². The summed E-state index contributed by atoms with van der Waals surface area (Å²) >= 11 is 1.92. The van der Waals surface area contributed by atoms with E-state index in [-0.39, 0.29) is 0 Å². The Balaban J connectivity index is 2.55. The summed E-state index contributed by atoms with van der Waals surface area (Å²) in [5.41, 5.74) is 3.61. The van der Waals surface area contributed by atoms with Gasteiger partial charge in [-0.2, -0.15) is 17.0 Å². The maximum absolute atomic E-state index is 9.30. The summed E-state index contributed by atoms with van der Waals surface area (Å²) < 4.78 is 0. The molecule has 3 heteroatoms. The summed E-state index contributed by atoms with van der Waals surface area (Å²) in [6.45, 7) is 11.4. The van der Waals surface area contributed by atoms with Crippen LogP contribution in [0.2, 0.25) is 0 Å². The lowest BCUT2D eigenvalue weighted by Crippen LogP contribution is -2.42. The Morgan fingerprint density at radius 3 is 2.40 bits per heavy atom. The largest absolute Gasteiger partial charge is 0.300 e. The van der Waals surface area contributed by atoms with Gasteiger partial charge in [-0.05, 0) is 39.3 Å². The molecule has 2 unspecified atom stereocenters. The number of nitriles is 1. The third-order valence-corrected chi connectivity index (χ3v) is 4.56. The van der Waals surface area contributed by atoms with Crippen molar-refractivity contribution in [3.05, 3.63) is 34.9 Å². The minimum Gasteiger partial charge on any atom is -0.300 e. The molecule has 0 saturated carbocycles. The predicted octanol–water partition coefficient (Wildman–Crippen LogP) is 4.21. The number of benzene rings is 1. The van der Waals surface area contributed by atoms with Gasteiger partial charge < -0.3 is 0 Å². The van der Waals surface area contributed by atoms with Gasteiger partial charge in [0.1, 0.15) is 5.54 Å². The molecule has 2 nitrogen and oxygen atoms in total. The van der Waals surface area contributed by atoms with Crippen LogP contribution in [-0.4, -0.2) is 17.3 Å². The first-order valence-electron chi connectivity index (χ1n) is 7.23. The molecule has 2 atom stereocenters. The molecular formula is C17H26N2S. The van der Waals surface area contributed by atoms with Crippen molar-refractivity contribution >= 4 is 11.8 Å². The van der Waals surface area contributed by atoms with E-state index in [1.54, 1.807) is 0 Å². The topological polar surface area (TPSA) is 35.8 Å². The Bertz CT molecular complexity index is 458. The molecular weight excluding hydrogens is 264 g/mol. The van der Waals surface area contributed by atoms with Gasteiger partial charge >= 0.3 is 0 Å². The van der Waals surface area contributed by atoms with E-state index < -0.39 is 5.54 Å². The number of thioether (sulfide) groups is 1. The van der Waals surface area contributed by atoms with Gasteiger partial charge in [-0.15, -0.1) is 0 Å². The molecule has 1 aromatic carbocycles. The van der Waals surface area contributed by atoms with Crippen LogP contribution in [0.1, 0.15) is 43.9 Å². The number of aryl methyl sites for hydroxylation is 2. The van der Waals surface area contributed by atoms with E-state index in [0.717, 1.165) is 18.7 Å². The van der Waals surface area contributed by atoms with Gasteiger partial charge in [0.25, 0.3) is 0 Å². The van der Waals surface area contributed by atoms with Crippen molar-refractivity contribution in [2.75, 3.05) is 6.54 Å². The van der Waals surface area contributed by atoms with Crippen molar-refractivity contribution in [1.29, 1.82) is 5.26 Å². The van der Waals surface area contributed by atoms with Crippen LogP contribution < -0.4 is 5.32 Å². The van der Waals surface area contributed by atoms with Gasteiger partial charge in [0, 0.05) is 11.0 Å². The molecule has 1 aromatic rings. The SMILES string of the molecule is CCNC(C)(C#N)CC(C)SCc1cc(C)cc(C)c1. The van der Waals surface area contributed by atoms with E-state index in [2.05, 4.69) is 50.4 Å². The Morgan fingerprint density at radius 1 is 1.30 bits per heavy atom. The van der Waals surface area contributed by atoms with Crippen LogP contribution in [0, 0.1) is 25.2 Å². The highest BCUT2D eigenvalue weighted by Crippen LogP contribution is 2.25. The lowest BCUT2D eigenvalue weighted by Gasteiger charge is -2.25. The molecule has 1 rings (SSSR count). The molecule has 0 aliphatic carbocycles. The standard InChI is InChI=1S/C17H26N2S/c1-6-19-17(5,12-18)10-15(4)20-11-16-8-13(2)7-14(3)9-16/h7-9,15,19H,6,10-11H2,1-5H3. The van der Waals surface area contributed by atoms with Gasteiger partial charge in [0.15, 0.2) is 0 Å². The molecule has 0 saturated heterocycles. The minimum absolute atomic E-state index is 0.413. The van der Waals surface area contributed by atoms with Crippen LogP contribution in [0.15, 0.2) is 18.2 Å². The molecule has 0 aliphatic heterocycles. The Morgan fingerprint density at radius 2 is 1.90 bits per heavy atom. The first-order chi connectivity index (χ1) is 9.38. The predicted molar refractivity (Wildman–Crippen MR) is 89.0 cm³/mol. The van der Waals surface area contributed by atoms with E-state index in [9.17, 15) is 5.26 Å². The van der Waals surface area contributed by atoms with Crippen LogP contribution in [0.25, 0.3) is 0 Å². The molecule has 0 heterocycles. The Labute approximate surface area is 128 Å². The van der Waals surface area contributed by atoms with E-state index in [1.165, 1.54) is 16.7 Å². The maximum atomic E-state index is 9.30. The smallest absolute Gasteiger partial charge is 0.104 e. The zero-order chi connectivity index (χ0) is 15.2. The van der Waals surface area contributed by atoms with Gasteiger partial charge in [-0.25, -0.2) is 0 Å². The van der Waals surface area contributed by atoms with Crippen LogP contribution in [-0.2, 0) is 5.75 Å². The highest BCUT2D eigenvalue weighted by atomic mass is 32.2. The summed E-state index contributed by atoms with van der Waals surface area (Å²) in [6, 6.07) is 9.11.